The van der Waals surface area contributed by atoms with Gasteiger partial charge in [0.15, 0.2) is 0 Å². The third-order valence-corrected chi connectivity index (χ3v) is 7.49. The number of aryl methyl sites for hydroxylation is 2. The smallest absolute Gasteiger partial charge is 0.265 e. The topological polar surface area (TPSA) is 119 Å². The second-order valence-electron chi connectivity index (χ2n) is 6.56. The van der Waals surface area contributed by atoms with Crippen molar-refractivity contribution in [3.63, 3.8) is 0 Å². The Balaban J connectivity index is 1.84. The van der Waals surface area contributed by atoms with E-state index in [-0.39, 0.29) is 15.5 Å². The summed E-state index contributed by atoms with van der Waals surface area (Å²) >= 11 is 0. The van der Waals surface area contributed by atoms with E-state index in [9.17, 15) is 16.8 Å². The van der Waals surface area contributed by atoms with Crippen LogP contribution in [0.25, 0.3) is 0 Å². The first-order chi connectivity index (χ1) is 14.0. The van der Waals surface area contributed by atoms with Crippen molar-refractivity contribution in [3.05, 3.63) is 59.9 Å². The van der Waals surface area contributed by atoms with Gasteiger partial charge < -0.3 is 4.74 Å². The molecule has 3 aromatic rings. The summed E-state index contributed by atoms with van der Waals surface area (Å²) in [5, 5.41) is 4.12. The highest BCUT2D eigenvalue weighted by molar-refractivity contribution is 7.93. The molecule has 0 radical (unpaired) electrons. The normalized spacial score (nSPS) is 11.9. The minimum absolute atomic E-state index is 0.0231. The summed E-state index contributed by atoms with van der Waals surface area (Å²) in [4.78, 5) is 0.0737. The van der Waals surface area contributed by atoms with Gasteiger partial charge in [-0.3, -0.25) is 14.1 Å². The Morgan fingerprint density at radius 1 is 0.900 bits per heavy atom. The molecule has 0 saturated heterocycles. The molecule has 2 aromatic carbocycles. The number of rotatable bonds is 7. The van der Waals surface area contributed by atoms with E-state index >= 15 is 0 Å². The summed E-state index contributed by atoms with van der Waals surface area (Å²) in [6.07, 6.45) is 0. The average molecular weight is 451 g/mol. The number of hydrogen-bond acceptors (Lipinski definition) is 6. The molecular formula is C19H22N4O5S2. The summed E-state index contributed by atoms with van der Waals surface area (Å²) in [6, 6.07) is 12.0. The fraction of sp³-hybridized carbons (Fsp3) is 0.211. The number of nitrogens with one attached hydrogen (secondary N) is 2. The maximum absolute atomic E-state index is 12.7. The lowest BCUT2D eigenvalue weighted by atomic mass is 10.3. The first kappa shape index (κ1) is 21.7. The van der Waals surface area contributed by atoms with Crippen LogP contribution in [0.4, 0.5) is 11.4 Å². The molecule has 1 heterocycles. The highest BCUT2D eigenvalue weighted by atomic mass is 32.2. The van der Waals surface area contributed by atoms with Gasteiger partial charge in [-0.25, -0.2) is 16.8 Å². The lowest BCUT2D eigenvalue weighted by Crippen LogP contribution is -2.16. The zero-order chi connectivity index (χ0) is 22.1. The molecule has 0 fully saturated rings. The lowest BCUT2D eigenvalue weighted by molar-refractivity contribution is 0.417. The van der Waals surface area contributed by atoms with E-state index in [0.717, 1.165) is 0 Å². The van der Waals surface area contributed by atoms with Gasteiger partial charge in [0.2, 0.25) is 0 Å². The molecule has 11 heteroatoms. The zero-order valence-electron chi connectivity index (χ0n) is 16.9. The number of aromatic nitrogens is 2. The van der Waals surface area contributed by atoms with Crippen molar-refractivity contribution in [2.75, 3.05) is 16.6 Å². The molecule has 0 aliphatic rings. The number of ether oxygens (including phenoxy) is 1. The molecule has 0 aliphatic heterocycles. The van der Waals surface area contributed by atoms with Gasteiger partial charge >= 0.3 is 0 Å². The highest BCUT2D eigenvalue weighted by Gasteiger charge is 2.24. The molecule has 0 atom stereocenters. The molecule has 0 unspecified atom stereocenters. The van der Waals surface area contributed by atoms with Crippen LogP contribution >= 0.6 is 0 Å². The van der Waals surface area contributed by atoms with Gasteiger partial charge in [0.1, 0.15) is 10.6 Å². The van der Waals surface area contributed by atoms with Gasteiger partial charge in [0.25, 0.3) is 20.0 Å². The van der Waals surface area contributed by atoms with Gasteiger partial charge in [-0.05, 0) is 50.2 Å². The van der Waals surface area contributed by atoms with E-state index < -0.39 is 20.0 Å². The van der Waals surface area contributed by atoms with E-state index in [2.05, 4.69) is 14.5 Å². The zero-order valence-corrected chi connectivity index (χ0v) is 18.5. The minimum Gasteiger partial charge on any atom is -0.495 e. The van der Waals surface area contributed by atoms with Crippen molar-refractivity contribution in [2.45, 2.75) is 23.6 Å². The first-order valence-corrected chi connectivity index (χ1v) is 11.8. The molecule has 0 saturated carbocycles. The average Bonchev–Trinajstić information content (AvgIpc) is 2.94. The van der Waals surface area contributed by atoms with Crippen molar-refractivity contribution in [1.29, 1.82) is 0 Å². The molecule has 0 bridgehead atoms. The highest BCUT2D eigenvalue weighted by Crippen LogP contribution is 2.27. The molecular weight excluding hydrogens is 428 g/mol. The second kappa shape index (κ2) is 8.00. The van der Waals surface area contributed by atoms with E-state index in [0.29, 0.717) is 22.8 Å². The van der Waals surface area contributed by atoms with Crippen molar-refractivity contribution < 1.29 is 21.6 Å². The van der Waals surface area contributed by atoms with E-state index in [4.69, 9.17) is 4.74 Å². The minimum atomic E-state index is -3.89. The Bertz CT molecular complexity index is 1280. The molecule has 2 N–H and O–H groups in total. The Hall–Kier alpha value is -3.05. The number of anilines is 2. The SMILES string of the molecule is COc1ccccc1NS(=O)(=O)c1ccc(NS(=O)(=O)c2c(C)nn(C)c2C)cc1. The number of para-hydroxylation sites is 2. The number of sulfonamides is 2. The van der Waals surface area contributed by atoms with Crippen molar-refractivity contribution >= 4 is 31.4 Å². The van der Waals surface area contributed by atoms with Crippen LogP contribution < -0.4 is 14.2 Å². The summed E-state index contributed by atoms with van der Waals surface area (Å²) in [7, 11) is -4.66. The van der Waals surface area contributed by atoms with Crippen LogP contribution in [0.1, 0.15) is 11.4 Å². The molecule has 1 aromatic heterocycles. The summed E-state index contributed by atoms with van der Waals surface area (Å²) < 4.78 is 62.4. The monoisotopic (exact) mass is 450 g/mol. The molecule has 30 heavy (non-hydrogen) atoms. The molecule has 0 spiro atoms. The predicted molar refractivity (Wildman–Crippen MR) is 114 cm³/mol. The van der Waals surface area contributed by atoms with Gasteiger partial charge in [0.05, 0.1) is 29.1 Å². The lowest BCUT2D eigenvalue weighted by Gasteiger charge is -2.12. The second-order valence-corrected chi connectivity index (χ2v) is 9.86. The third kappa shape index (κ3) is 4.26. The standard InChI is InChI=1S/C19H22N4O5S2/c1-13-19(14(2)23(3)20-13)30(26,27)21-15-9-11-16(12-10-15)29(24,25)22-17-7-5-6-8-18(17)28-4/h5-12,21-22H,1-4H3. The quantitative estimate of drug-likeness (QED) is 0.571. The van der Waals surface area contributed by atoms with Crippen LogP contribution in [-0.2, 0) is 27.1 Å². The number of nitrogens with zero attached hydrogens (tertiary/aromatic N) is 2. The van der Waals surface area contributed by atoms with Crippen LogP contribution in [0, 0.1) is 13.8 Å². The van der Waals surface area contributed by atoms with Crippen molar-refractivity contribution in [2.24, 2.45) is 7.05 Å². The van der Waals surface area contributed by atoms with E-state index in [1.54, 1.807) is 45.2 Å². The summed E-state index contributed by atoms with van der Waals surface area (Å²) in [6.45, 7) is 3.27. The summed E-state index contributed by atoms with van der Waals surface area (Å²) in [5.41, 5.74) is 1.41. The van der Waals surface area contributed by atoms with Gasteiger partial charge in [-0.2, -0.15) is 5.10 Å². The first-order valence-electron chi connectivity index (χ1n) is 8.84. The van der Waals surface area contributed by atoms with Gasteiger partial charge in [-0.15, -0.1) is 0 Å². The Morgan fingerprint density at radius 3 is 2.10 bits per heavy atom. The van der Waals surface area contributed by atoms with Crippen molar-refractivity contribution in [1.82, 2.24) is 9.78 Å². The molecule has 0 aliphatic carbocycles. The van der Waals surface area contributed by atoms with Crippen LogP contribution in [-0.4, -0.2) is 33.7 Å². The van der Waals surface area contributed by atoms with Crippen molar-refractivity contribution in [3.8, 4) is 5.75 Å². The molecule has 3 rings (SSSR count). The number of benzene rings is 2. The Kier molecular flexibility index (Phi) is 5.77. The van der Waals surface area contributed by atoms with Gasteiger partial charge in [0, 0.05) is 12.7 Å². The largest absolute Gasteiger partial charge is 0.495 e. The maximum Gasteiger partial charge on any atom is 0.265 e. The third-order valence-electron chi connectivity index (χ3n) is 4.48. The Morgan fingerprint density at radius 2 is 1.53 bits per heavy atom. The molecule has 160 valence electrons. The van der Waals surface area contributed by atoms with E-state index in [1.165, 1.54) is 36.1 Å². The molecule has 0 amide bonds. The predicted octanol–water partition coefficient (Wildman–Crippen LogP) is 2.65. The Labute approximate surface area is 175 Å². The van der Waals surface area contributed by atoms with Gasteiger partial charge in [-0.1, -0.05) is 12.1 Å². The maximum atomic E-state index is 12.7. The van der Waals surface area contributed by atoms with E-state index in [1.807, 2.05) is 0 Å². The fourth-order valence-corrected chi connectivity index (χ4v) is 5.55. The fourth-order valence-electron chi connectivity index (χ4n) is 2.98. The van der Waals surface area contributed by atoms with Crippen LogP contribution in [0.3, 0.4) is 0 Å². The van der Waals surface area contributed by atoms with Crippen LogP contribution in [0.15, 0.2) is 58.3 Å². The molecule has 9 nitrogen and oxygen atoms in total. The number of hydrogen-bond donors (Lipinski definition) is 2. The van der Waals surface area contributed by atoms with Crippen LogP contribution in [0.5, 0.6) is 5.75 Å². The number of methoxy groups -OCH3 is 1. The summed E-state index contributed by atoms with van der Waals surface area (Å²) in [5.74, 6) is 0.382. The van der Waals surface area contributed by atoms with Crippen LogP contribution in [0.2, 0.25) is 0 Å².